The van der Waals surface area contributed by atoms with Crippen molar-refractivity contribution >= 4 is 5.91 Å². The lowest BCUT2D eigenvalue weighted by atomic mass is 9.93. The van der Waals surface area contributed by atoms with Crippen molar-refractivity contribution in [3.63, 3.8) is 0 Å². The van der Waals surface area contributed by atoms with Gasteiger partial charge >= 0.3 is 0 Å². The Balaban J connectivity index is 1.55. The number of fused-ring (bicyclic) bond motifs is 1. The summed E-state index contributed by atoms with van der Waals surface area (Å²) in [7, 11) is 0. The van der Waals surface area contributed by atoms with E-state index < -0.39 is 11.6 Å². The van der Waals surface area contributed by atoms with Gasteiger partial charge in [0.05, 0.1) is 23.6 Å². The molecule has 0 aliphatic heterocycles. The fraction of sp³-hybridized carbons (Fsp3) is 0.350. The predicted molar refractivity (Wildman–Crippen MR) is 99.0 cm³/mol. The quantitative estimate of drug-likeness (QED) is 0.750. The lowest BCUT2D eigenvalue weighted by molar-refractivity contribution is -0.122. The largest absolute Gasteiger partial charge is 0.348 e. The molecule has 4 rings (SSSR count). The van der Waals surface area contributed by atoms with Gasteiger partial charge in [-0.3, -0.25) is 9.48 Å². The molecule has 2 aromatic heterocycles. The number of aryl methyl sites for hydroxylation is 2. The molecule has 1 amide bonds. The second kappa shape index (κ2) is 7.18. The van der Waals surface area contributed by atoms with Crippen LogP contribution in [-0.2, 0) is 17.8 Å². The van der Waals surface area contributed by atoms with E-state index in [4.69, 9.17) is 0 Å². The average molecular weight is 385 g/mol. The highest BCUT2D eigenvalue weighted by molar-refractivity contribution is 5.76. The van der Waals surface area contributed by atoms with Crippen molar-refractivity contribution in [1.29, 1.82) is 0 Å². The monoisotopic (exact) mass is 385 g/mol. The van der Waals surface area contributed by atoms with E-state index >= 15 is 0 Å². The first kappa shape index (κ1) is 18.3. The number of nitrogens with one attached hydrogen (secondary N) is 1. The van der Waals surface area contributed by atoms with Crippen molar-refractivity contribution in [2.75, 3.05) is 0 Å². The first-order valence-corrected chi connectivity index (χ1v) is 9.24. The van der Waals surface area contributed by atoms with Crippen molar-refractivity contribution in [3.05, 3.63) is 64.7 Å². The molecule has 0 radical (unpaired) electrons. The number of hydrogen-bond donors (Lipinski definition) is 1. The molecular formula is C20H21F2N5O. The van der Waals surface area contributed by atoms with E-state index in [1.807, 2.05) is 19.9 Å². The maximum absolute atomic E-state index is 13.6. The van der Waals surface area contributed by atoms with E-state index in [1.54, 1.807) is 15.6 Å². The van der Waals surface area contributed by atoms with Gasteiger partial charge in [0.1, 0.15) is 18.2 Å². The van der Waals surface area contributed by atoms with E-state index in [9.17, 15) is 13.6 Å². The minimum Gasteiger partial charge on any atom is -0.348 e. The van der Waals surface area contributed by atoms with Crippen LogP contribution in [0, 0.1) is 25.5 Å². The summed E-state index contributed by atoms with van der Waals surface area (Å²) in [6, 6.07) is 5.08. The number of hydrogen-bond acceptors (Lipinski definition) is 3. The summed E-state index contributed by atoms with van der Waals surface area (Å²) >= 11 is 0. The lowest BCUT2D eigenvalue weighted by Gasteiger charge is -2.24. The molecule has 1 aliphatic rings. The third-order valence-corrected chi connectivity index (χ3v) is 5.01. The summed E-state index contributed by atoms with van der Waals surface area (Å²) in [4.78, 5) is 12.5. The predicted octanol–water partition coefficient (Wildman–Crippen LogP) is 3.16. The number of halogens is 2. The van der Waals surface area contributed by atoms with Crippen LogP contribution in [0.1, 0.15) is 41.5 Å². The Morgan fingerprint density at radius 3 is 2.64 bits per heavy atom. The smallest absolute Gasteiger partial charge is 0.242 e. The highest BCUT2D eigenvalue weighted by Crippen LogP contribution is 2.31. The number of carbonyl (C=O) groups excluding carboxylic acids is 1. The van der Waals surface area contributed by atoms with Gasteiger partial charge in [0, 0.05) is 23.0 Å². The van der Waals surface area contributed by atoms with E-state index in [-0.39, 0.29) is 18.5 Å². The third-order valence-electron chi connectivity index (χ3n) is 5.01. The van der Waals surface area contributed by atoms with Crippen molar-refractivity contribution in [3.8, 4) is 5.69 Å². The van der Waals surface area contributed by atoms with Crippen LogP contribution in [-0.4, -0.2) is 25.5 Å². The Hall–Kier alpha value is -3.03. The highest BCUT2D eigenvalue weighted by atomic mass is 19.1. The van der Waals surface area contributed by atoms with Gasteiger partial charge in [-0.1, -0.05) is 0 Å². The summed E-state index contributed by atoms with van der Waals surface area (Å²) in [5.41, 5.74) is 3.89. The molecule has 1 N–H and O–H groups in total. The van der Waals surface area contributed by atoms with Crippen LogP contribution in [0.3, 0.4) is 0 Å². The van der Waals surface area contributed by atoms with Crippen molar-refractivity contribution in [2.24, 2.45) is 0 Å². The molecule has 0 saturated heterocycles. The molecule has 1 atom stereocenters. The molecule has 28 heavy (non-hydrogen) atoms. The number of amides is 1. The molecule has 146 valence electrons. The van der Waals surface area contributed by atoms with E-state index in [0.29, 0.717) is 5.69 Å². The van der Waals surface area contributed by atoms with Gasteiger partial charge in [-0.2, -0.15) is 10.2 Å². The summed E-state index contributed by atoms with van der Waals surface area (Å²) in [5, 5.41) is 11.7. The zero-order valence-corrected chi connectivity index (χ0v) is 15.7. The molecule has 2 heterocycles. The highest BCUT2D eigenvalue weighted by Gasteiger charge is 2.26. The van der Waals surface area contributed by atoms with Gasteiger partial charge < -0.3 is 5.32 Å². The van der Waals surface area contributed by atoms with Gasteiger partial charge in [-0.15, -0.1) is 0 Å². The Kier molecular flexibility index (Phi) is 4.70. The van der Waals surface area contributed by atoms with Crippen LogP contribution < -0.4 is 5.32 Å². The van der Waals surface area contributed by atoms with Gasteiger partial charge in [0.15, 0.2) is 0 Å². The first-order chi connectivity index (χ1) is 13.4. The number of nitrogens with zero attached hydrogens (tertiary/aromatic N) is 4. The first-order valence-electron chi connectivity index (χ1n) is 9.24. The standard InChI is InChI=1S/C20H21F2N5O/c1-12-6-13(2)26(25-12)11-20(28)24-18-4-3-5-19-17(18)10-23-27(19)16-8-14(21)7-15(22)9-16/h6-10,18H,3-5,11H2,1-2H3,(H,24,28)/t18-/m1/s1. The SMILES string of the molecule is Cc1cc(C)n(CC(=O)N[C@@H]2CCCc3c2cnn3-c2cc(F)cc(F)c2)n1. The summed E-state index contributed by atoms with van der Waals surface area (Å²) in [6.07, 6.45) is 4.04. The second-order valence-corrected chi connectivity index (χ2v) is 7.18. The molecular weight excluding hydrogens is 364 g/mol. The van der Waals surface area contributed by atoms with Crippen molar-refractivity contribution in [1.82, 2.24) is 24.9 Å². The van der Waals surface area contributed by atoms with Crippen molar-refractivity contribution < 1.29 is 13.6 Å². The van der Waals surface area contributed by atoms with E-state index in [0.717, 1.165) is 48.0 Å². The van der Waals surface area contributed by atoms with Crippen LogP contribution in [0.2, 0.25) is 0 Å². The minimum absolute atomic E-state index is 0.131. The van der Waals surface area contributed by atoms with Crippen molar-refractivity contribution in [2.45, 2.75) is 45.7 Å². The Labute approximate surface area is 161 Å². The Morgan fingerprint density at radius 1 is 1.21 bits per heavy atom. The molecule has 3 aromatic rings. The zero-order valence-electron chi connectivity index (χ0n) is 15.7. The Bertz CT molecular complexity index is 1020. The second-order valence-electron chi connectivity index (χ2n) is 7.18. The topological polar surface area (TPSA) is 64.7 Å². The molecule has 1 aliphatic carbocycles. The molecule has 1 aromatic carbocycles. The molecule has 0 fully saturated rings. The van der Waals surface area contributed by atoms with Crippen LogP contribution in [0.15, 0.2) is 30.5 Å². The van der Waals surface area contributed by atoms with Crippen LogP contribution in [0.4, 0.5) is 8.78 Å². The fourth-order valence-electron chi connectivity index (χ4n) is 3.80. The van der Waals surface area contributed by atoms with Crippen LogP contribution in [0.25, 0.3) is 5.69 Å². The molecule has 0 spiro atoms. The average Bonchev–Trinajstić information content (AvgIpc) is 3.18. The summed E-state index contributed by atoms with van der Waals surface area (Å²) in [5.74, 6) is -1.43. The van der Waals surface area contributed by atoms with E-state index in [2.05, 4.69) is 15.5 Å². The minimum atomic E-state index is -0.648. The normalized spacial score (nSPS) is 16.1. The molecule has 8 heteroatoms. The number of aromatic nitrogens is 4. The third kappa shape index (κ3) is 3.54. The summed E-state index contributed by atoms with van der Waals surface area (Å²) in [6.45, 7) is 3.95. The summed E-state index contributed by atoms with van der Waals surface area (Å²) < 4.78 is 30.4. The molecule has 0 bridgehead atoms. The van der Waals surface area contributed by atoms with Gasteiger partial charge in [0.2, 0.25) is 5.91 Å². The number of rotatable bonds is 4. The van der Waals surface area contributed by atoms with Gasteiger partial charge in [-0.05, 0) is 51.3 Å². The lowest BCUT2D eigenvalue weighted by Crippen LogP contribution is -2.33. The van der Waals surface area contributed by atoms with Gasteiger partial charge in [0.25, 0.3) is 0 Å². The maximum Gasteiger partial charge on any atom is 0.242 e. The molecule has 0 saturated carbocycles. The van der Waals surface area contributed by atoms with Crippen LogP contribution >= 0.6 is 0 Å². The van der Waals surface area contributed by atoms with E-state index in [1.165, 1.54) is 12.1 Å². The maximum atomic E-state index is 13.6. The molecule has 6 nitrogen and oxygen atoms in total. The Morgan fingerprint density at radius 2 is 1.96 bits per heavy atom. The molecule has 0 unspecified atom stereocenters. The zero-order chi connectivity index (χ0) is 19.8. The number of carbonyl (C=O) groups is 1. The van der Waals surface area contributed by atoms with Gasteiger partial charge in [-0.25, -0.2) is 13.5 Å². The number of benzene rings is 1. The fourth-order valence-corrected chi connectivity index (χ4v) is 3.80. The van der Waals surface area contributed by atoms with Crippen LogP contribution in [0.5, 0.6) is 0 Å².